The zero-order chi connectivity index (χ0) is 13.7. The number of H-pyrrole nitrogens is 1. The summed E-state index contributed by atoms with van der Waals surface area (Å²) in [5.41, 5.74) is 1.72. The van der Waals surface area contributed by atoms with Crippen molar-refractivity contribution in [2.24, 2.45) is 11.8 Å². The second-order valence-corrected chi connectivity index (χ2v) is 6.02. The van der Waals surface area contributed by atoms with Gasteiger partial charge in [0.15, 0.2) is 0 Å². The van der Waals surface area contributed by atoms with Gasteiger partial charge in [-0.05, 0) is 37.2 Å². The summed E-state index contributed by atoms with van der Waals surface area (Å²) in [6.45, 7) is 0. The standard InChI is InChI=1S/C15H17N3O2/c19-15(20)11-7-17-14-10(3-4-16-14)13(11)18-12-6-8-1-2-9(12)5-8/h3-4,7-9,12H,1-2,5-6H2,(H,19,20)(H2,16,17,18)/t8-,9+,12?/m0/s1. The molecule has 2 aliphatic carbocycles. The van der Waals surface area contributed by atoms with Crippen LogP contribution in [0.3, 0.4) is 0 Å². The fourth-order valence-electron chi connectivity index (χ4n) is 3.93. The number of nitrogens with one attached hydrogen (secondary N) is 2. The molecule has 0 aliphatic heterocycles. The van der Waals surface area contributed by atoms with Gasteiger partial charge >= 0.3 is 5.97 Å². The van der Waals surface area contributed by atoms with Crippen molar-refractivity contribution in [1.29, 1.82) is 0 Å². The number of hydrogen-bond donors (Lipinski definition) is 3. The fraction of sp³-hybridized carbons (Fsp3) is 0.467. The van der Waals surface area contributed by atoms with Gasteiger partial charge in [-0.2, -0.15) is 0 Å². The molecule has 4 rings (SSSR count). The number of carbonyl (C=O) groups is 1. The summed E-state index contributed by atoms with van der Waals surface area (Å²) in [6, 6.07) is 2.30. The first-order valence-electron chi connectivity index (χ1n) is 7.18. The minimum Gasteiger partial charge on any atom is -0.478 e. The topological polar surface area (TPSA) is 78.0 Å². The van der Waals surface area contributed by atoms with Crippen molar-refractivity contribution in [2.45, 2.75) is 31.7 Å². The van der Waals surface area contributed by atoms with E-state index in [-0.39, 0.29) is 5.56 Å². The molecule has 3 atom stereocenters. The number of carboxylic acids is 1. The van der Waals surface area contributed by atoms with Crippen LogP contribution in [0.15, 0.2) is 18.5 Å². The van der Waals surface area contributed by atoms with Crippen molar-refractivity contribution in [3.63, 3.8) is 0 Å². The van der Waals surface area contributed by atoms with E-state index in [1.807, 2.05) is 6.07 Å². The van der Waals surface area contributed by atoms with Crippen LogP contribution in [0.5, 0.6) is 0 Å². The molecule has 2 saturated carbocycles. The second-order valence-electron chi connectivity index (χ2n) is 6.02. The molecule has 5 nitrogen and oxygen atoms in total. The summed E-state index contributed by atoms with van der Waals surface area (Å²) >= 11 is 0. The maximum Gasteiger partial charge on any atom is 0.339 e. The number of aromatic nitrogens is 2. The number of pyridine rings is 1. The van der Waals surface area contributed by atoms with Gasteiger partial charge < -0.3 is 15.4 Å². The highest BCUT2D eigenvalue weighted by molar-refractivity contribution is 6.03. The van der Waals surface area contributed by atoms with Crippen LogP contribution in [0.4, 0.5) is 5.69 Å². The molecule has 3 N–H and O–H groups in total. The van der Waals surface area contributed by atoms with E-state index in [1.54, 1.807) is 6.20 Å². The number of hydrogen-bond acceptors (Lipinski definition) is 3. The Morgan fingerprint density at radius 2 is 2.30 bits per heavy atom. The highest BCUT2D eigenvalue weighted by Gasteiger charge is 2.40. The van der Waals surface area contributed by atoms with Crippen LogP contribution in [0, 0.1) is 11.8 Å². The second kappa shape index (κ2) is 4.23. The summed E-state index contributed by atoms with van der Waals surface area (Å²) in [4.78, 5) is 18.6. The molecule has 2 fully saturated rings. The van der Waals surface area contributed by atoms with E-state index in [4.69, 9.17) is 0 Å². The first kappa shape index (κ1) is 11.8. The monoisotopic (exact) mass is 271 g/mol. The van der Waals surface area contributed by atoms with Crippen LogP contribution in [0.2, 0.25) is 0 Å². The number of carboxylic acid groups (broad SMARTS) is 1. The van der Waals surface area contributed by atoms with Crippen LogP contribution >= 0.6 is 0 Å². The number of aromatic carboxylic acids is 1. The van der Waals surface area contributed by atoms with E-state index in [2.05, 4.69) is 15.3 Å². The summed E-state index contributed by atoms with van der Waals surface area (Å²) in [5, 5.41) is 13.8. The van der Waals surface area contributed by atoms with Gasteiger partial charge in [-0.15, -0.1) is 0 Å². The molecule has 20 heavy (non-hydrogen) atoms. The maximum atomic E-state index is 11.4. The molecule has 104 valence electrons. The first-order valence-corrected chi connectivity index (χ1v) is 7.18. The van der Waals surface area contributed by atoms with Gasteiger partial charge in [0.2, 0.25) is 0 Å². The quantitative estimate of drug-likeness (QED) is 0.802. The number of fused-ring (bicyclic) bond motifs is 3. The smallest absolute Gasteiger partial charge is 0.339 e. The average Bonchev–Trinajstić information content (AvgIpc) is 3.14. The summed E-state index contributed by atoms with van der Waals surface area (Å²) in [6.07, 6.45) is 8.31. The van der Waals surface area contributed by atoms with Gasteiger partial charge in [-0.25, -0.2) is 9.78 Å². The molecule has 5 heteroatoms. The van der Waals surface area contributed by atoms with Crippen LogP contribution in [-0.4, -0.2) is 27.1 Å². The van der Waals surface area contributed by atoms with Gasteiger partial charge in [0, 0.05) is 23.8 Å². The third kappa shape index (κ3) is 1.69. The molecule has 2 aliphatic rings. The molecule has 2 aromatic rings. The Kier molecular flexibility index (Phi) is 2.49. The Morgan fingerprint density at radius 3 is 3.00 bits per heavy atom. The van der Waals surface area contributed by atoms with Crippen LogP contribution in [0.1, 0.15) is 36.0 Å². The summed E-state index contributed by atoms with van der Waals surface area (Å²) in [7, 11) is 0. The lowest BCUT2D eigenvalue weighted by molar-refractivity contribution is 0.0697. The number of nitrogens with zero attached hydrogens (tertiary/aromatic N) is 1. The third-order valence-electron chi connectivity index (χ3n) is 4.88. The van der Waals surface area contributed by atoms with Crippen LogP contribution in [-0.2, 0) is 0 Å². The van der Waals surface area contributed by atoms with Crippen molar-refractivity contribution >= 4 is 22.7 Å². The maximum absolute atomic E-state index is 11.4. The lowest BCUT2D eigenvalue weighted by atomic mass is 9.94. The minimum atomic E-state index is -0.925. The average molecular weight is 271 g/mol. The molecule has 0 amide bonds. The molecule has 2 aromatic heterocycles. The number of rotatable bonds is 3. The Balaban J connectivity index is 1.75. The Morgan fingerprint density at radius 1 is 1.40 bits per heavy atom. The molecule has 0 spiro atoms. The SMILES string of the molecule is O=C(O)c1cnc2[nH]ccc2c1NC1C[C@H]2CC[C@@H]1C2. The lowest BCUT2D eigenvalue weighted by Gasteiger charge is -2.25. The van der Waals surface area contributed by atoms with Crippen molar-refractivity contribution in [3.8, 4) is 0 Å². The summed E-state index contributed by atoms with van der Waals surface area (Å²) in [5.74, 6) is 0.601. The summed E-state index contributed by atoms with van der Waals surface area (Å²) < 4.78 is 0. The molecule has 2 heterocycles. The van der Waals surface area contributed by atoms with Crippen molar-refractivity contribution in [2.75, 3.05) is 5.32 Å². The molecule has 0 aromatic carbocycles. The molecule has 1 unspecified atom stereocenters. The first-order chi connectivity index (χ1) is 9.72. The van der Waals surface area contributed by atoms with Gasteiger partial charge in [-0.3, -0.25) is 0 Å². The Hall–Kier alpha value is -2.04. The van der Waals surface area contributed by atoms with Gasteiger partial charge in [-0.1, -0.05) is 6.42 Å². The number of anilines is 1. The Labute approximate surface area is 116 Å². The van der Waals surface area contributed by atoms with E-state index < -0.39 is 5.97 Å². The zero-order valence-corrected chi connectivity index (χ0v) is 11.1. The van der Waals surface area contributed by atoms with Crippen LogP contribution < -0.4 is 5.32 Å². The largest absolute Gasteiger partial charge is 0.478 e. The van der Waals surface area contributed by atoms with Gasteiger partial charge in [0.05, 0.1) is 5.69 Å². The molecule has 0 saturated heterocycles. The van der Waals surface area contributed by atoms with E-state index in [0.29, 0.717) is 12.0 Å². The molecule has 2 bridgehead atoms. The zero-order valence-electron chi connectivity index (χ0n) is 11.1. The Bertz CT molecular complexity index is 679. The molecular weight excluding hydrogens is 254 g/mol. The predicted molar refractivity (Wildman–Crippen MR) is 75.9 cm³/mol. The van der Waals surface area contributed by atoms with E-state index >= 15 is 0 Å². The van der Waals surface area contributed by atoms with Crippen molar-refractivity contribution in [3.05, 3.63) is 24.0 Å². The van der Waals surface area contributed by atoms with Crippen molar-refractivity contribution in [1.82, 2.24) is 9.97 Å². The lowest BCUT2D eigenvalue weighted by Crippen LogP contribution is -2.27. The van der Waals surface area contributed by atoms with Gasteiger partial charge in [0.1, 0.15) is 11.2 Å². The van der Waals surface area contributed by atoms with E-state index in [1.165, 1.54) is 25.5 Å². The third-order valence-corrected chi connectivity index (χ3v) is 4.88. The molecule has 0 radical (unpaired) electrons. The predicted octanol–water partition coefficient (Wildman–Crippen LogP) is 2.86. The minimum absolute atomic E-state index is 0.264. The van der Waals surface area contributed by atoms with Gasteiger partial charge in [0.25, 0.3) is 0 Å². The van der Waals surface area contributed by atoms with Crippen LogP contribution in [0.25, 0.3) is 11.0 Å². The fourth-order valence-corrected chi connectivity index (χ4v) is 3.93. The van der Waals surface area contributed by atoms with E-state index in [9.17, 15) is 9.90 Å². The highest BCUT2D eigenvalue weighted by Crippen LogP contribution is 2.46. The van der Waals surface area contributed by atoms with E-state index in [0.717, 1.165) is 29.1 Å². The van der Waals surface area contributed by atoms with Crippen molar-refractivity contribution < 1.29 is 9.90 Å². The highest BCUT2D eigenvalue weighted by atomic mass is 16.4. The normalized spacial score (nSPS) is 28.1. The number of aromatic amines is 1. The molecular formula is C15H17N3O2.